The van der Waals surface area contributed by atoms with E-state index in [0.29, 0.717) is 12.8 Å². The molecule has 1 aromatic rings. The van der Waals surface area contributed by atoms with E-state index >= 15 is 0 Å². The van der Waals surface area contributed by atoms with E-state index in [4.69, 9.17) is 5.73 Å². The molecule has 7 heteroatoms. The van der Waals surface area contributed by atoms with Crippen LogP contribution in [-0.2, 0) is 4.79 Å². The molecule has 3 N–H and O–H groups in total. The van der Waals surface area contributed by atoms with Crippen molar-refractivity contribution in [3.63, 3.8) is 0 Å². The van der Waals surface area contributed by atoms with Gasteiger partial charge in [0, 0.05) is 16.9 Å². The van der Waals surface area contributed by atoms with Crippen molar-refractivity contribution in [3.8, 4) is 0 Å². The summed E-state index contributed by atoms with van der Waals surface area (Å²) in [5.74, 6) is -0.470. The molecule has 1 aliphatic carbocycles. The van der Waals surface area contributed by atoms with E-state index in [1.54, 1.807) is 6.07 Å². The van der Waals surface area contributed by atoms with Gasteiger partial charge in [0.15, 0.2) is 0 Å². The third kappa shape index (κ3) is 4.14. The number of nitrogens with one attached hydrogen (secondary N) is 1. The van der Waals surface area contributed by atoms with Gasteiger partial charge in [-0.05, 0) is 43.2 Å². The van der Waals surface area contributed by atoms with Crippen LogP contribution in [0.25, 0.3) is 0 Å². The summed E-state index contributed by atoms with van der Waals surface area (Å²) in [7, 11) is 0. The lowest BCUT2D eigenvalue weighted by atomic mass is 10.1. The second kappa shape index (κ2) is 6.05. The van der Waals surface area contributed by atoms with E-state index < -0.39 is 5.51 Å². The summed E-state index contributed by atoms with van der Waals surface area (Å²) < 4.78 is 37.3. The van der Waals surface area contributed by atoms with Gasteiger partial charge in [-0.15, -0.1) is 0 Å². The van der Waals surface area contributed by atoms with E-state index in [1.165, 1.54) is 18.2 Å². The summed E-state index contributed by atoms with van der Waals surface area (Å²) in [5, 5.41) is 2.58. The van der Waals surface area contributed by atoms with Crippen molar-refractivity contribution >= 4 is 23.4 Å². The zero-order chi connectivity index (χ0) is 14.8. The smallest absolute Gasteiger partial charge is 0.328 e. The summed E-state index contributed by atoms with van der Waals surface area (Å²) in [6.45, 7) is 0. The maximum atomic E-state index is 12.4. The standard InChI is InChI=1S/C13H15F3N2OS/c14-13(15,16)20-11-4-2-1-3-10(11)18-12(19)8-5-6-9(17)7-8/h1-4,8-9H,5-7,17H2,(H,18,19). The molecule has 0 aliphatic heterocycles. The number of alkyl halides is 3. The molecule has 2 unspecified atom stereocenters. The van der Waals surface area contributed by atoms with E-state index in [1.807, 2.05) is 0 Å². The number of anilines is 1. The Morgan fingerprint density at radius 1 is 1.30 bits per heavy atom. The molecule has 0 saturated heterocycles. The van der Waals surface area contributed by atoms with Gasteiger partial charge in [-0.2, -0.15) is 13.2 Å². The molecule has 2 atom stereocenters. The number of benzene rings is 1. The number of nitrogens with two attached hydrogens (primary N) is 1. The molecule has 3 nitrogen and oxygen atoms in total. The maximum Gasteiger partial charge on any atom is 0.446 e. The third-order valence-electron chi connectivity index (χ3n) is 3.21. The second-order valence-electron chi connectivity index (χ2n) is 4.80. The fourth-order valence-electron chi connectivity index (χ4n) is 2.27. The largest absolute Gasteiger partial charge is 0.446 e. The molecule has 110 valence electrons. The average Bonchev–Trinajstić information content (AvgIpc) is 2.77. The van der Waals surface area contributed by atoms with Crippen LogP contribution < -0.4 is 11.1 Å². The van der Waals surface area contributed by atoms with Gasteiger partial charge in [-0.1, -0.05) is 12.1 Å². The highest BCUT2D eigenvalue weighted by Crippen LogP contribution is 2.40. The summed E-state index contributed by atoms with van der Waals surface area (Å²) >= 11 is -0.227. The first-order chi connectivity index (χ1) is 9.35. The molecule has 0 aromatic heterocycles. The molecule has 1 fully saturated rings. The van der Waals surface area contributed by atoms with Crippen LogP contribution in [0, 0.1) is 5.92 Å². The van der Waals surface area contributed by atoms with Crippen LogP contribution in [0.2, 0.25) is 0 Å². The van der Waals surface area contributed by atoms with Crippen molar-refractivity contribution in [2.75, 3.05) is 5.32 Å². The number of rotatable bonds is 3. The number of carbonyl (C=O) groups is 1. The number of carbonyl (C=O) groups excluding carboxylic acids is 1. The van der Waals surface area contributed by atoms with Gasteiger partial charge in [-0.25, -0.2) is 0 Å². The number of thioether (sulfide) groups is 1. The van der Waals surface area contributed by atoms with Crippen LogP contribution in [0.4, 0.5) is 18.9 Å². The van der Waals surface area contributed by atoms with Gasteiger partial charge >= 0.3 is 5.51 Å². The first kappa shape index (κ1) is 15.2. The third-order valence-corrected chi connectivity index (χ3v) is 4.02. The van der Waals surface area contributed by atoms with Crippen LogP contribution >= 0.6 is 11.8 Å². The normalized spacial score (nSPS) is 22.8. The van der Waals surface area contributed by atoms with Crippen molar-refractivity contribution in [1.29, 1.82) is 0 Å². The van der Waals surface area contributed by atoms with E-state index in [-0.39, 0.29) is 40.2 Å². The van der Waals surface area contributed by atoms with Crippen molar-refractivity contribution < 1.29 is 18.0 Å². The summed E-state index contributed by atoms with van der Waals surface area (Å²) in [4.78, 5) is 12.0. The molecular weight excluding hydrogens is 289 g/mol. The van der Waals surface area contributed by atoms with E-state index in [2.05, 4.69) is 5.32 Å². The van der Waals surface area contributed by atoms with Gasteiger partial charge < -0.3 is 11.1 Å². The average molecular weight is 304 g/mol. The lowest BCUT2D eigenvalue weighted by Crippen LogP contribution is -2.23. The highest BCUT2D eigenvalue weighted by atomic mass is 32.2. The minimum atomic E-state index is -4.38. The number of halogens is 3. The molecular formula is C13H15F3N2OS. The lowest BCUT2D eigenvalue weighted by molar-refractivity contribution is -0.119. The molecule has 1 amide bonds. The molecule has 20 heavy (non-hydrogen) atoms. The van der Waals surface area contributed by atoms with Crippen molar-refractivity contribution in [3.05, 3.63) is 24.3 Å². The van der Waals surface area contributed by atoms with Gasteiger partial charge in [-0.3, -0.25) is 4.79 Å². The number of para-hydroxylation sites is 1. The van der Waals surface area contributed by atoms with Gasteiger partial charge in [0.1, 0.15) is 0 Å². The second-order valence-corrected chi connectivity index (χ2v) is 5.91. The van der Waals surface area contributed by atoms with E-state index in [9.17, 15) is 18.0 Å². The predicted octanol–water partition coefficient (Wildman–Crippen LogP) is 3.36. The molecule has 0 bridgehead atoms. The minimum absolute atomic E-state index is 0.00403. The number of hydrogen-bond acceptors (Lipinski definition) is 3. The highest BCUT2D eigenvalue weighted by molar-refractivity contribution is 8.00. The Morgan fingerprint density at radius 3 is 2.60 bits per heavy atom. The summed E-state index contributed by atoms with van der Waals surface area (Å²) in [6, 6.07) is 5.92. The molecule has 0 heterocycles. The van der Waals surface area contributed by atoms with E-state index in [0.717, 1.165) is 6.42 Å². The van der Waals surface area contributed by atoms with Gasteiger partial charge in [0.05, 0.1) is 5.69 Å². The fraction of sp³-hybridized carbons (Fsp3) is 0.462. The molecule has 1 saturated carbocycles. The predicted molar refractivity (Wildman–Crippen MR) is 72.3 cm³/mol. The van der Waals surface area contributed by atoms with Crippen molar-refractivity contribution in [2.45, 2.75) is 35.7 Å². The molecule has 0 radical (unpaired) electrons. The molecule has 1 aromatic carbocycles. The quantitative estimate of drug-likeness (QED) is 0.842. The van der Waals surface area contributed by atoms with Crippen LogP contribution in [0.5, 0.6) is 0 Å². The molecule has 0 spiro atoms. The number of amides is 1. The Labute approximate surface area is 119 Å². The van der Waals surface area contributed by atoms with Crippen LogP contribution in [0.15, 0.2) is 29.2 Å². The van der Waals surface area contributed by atoms with Gasteiger partial charge in [0.2, 0.25) is 5.91 Å². The Balaban J connectivity index is 2.07. The Hall–Kier alpha value is -1.21. The van der Waals surface area contributed by atoms with Crippen LogP contribution in [0.1, 0.15) is 19.3 Å². The maximum absolute atomic E-state index is 12.4. The number of hydrogen-bond donors (Lipinski definition) is 2. The summed E-state index contributed by atoms with van der Waals surface area (Å²) in [5.41, 5.74) is 1.55. The zero-order valence-electron chi connectivity index (χ0n) is 10.6. The Bertz CT molecular complexity index is 493. The SMILES string of the molecule is NC1CCC(C(=O)Nc2ccccc2SC(F)(F)F)C1. The topological polar surface area (TPSA) is 55.1 Å². The molecule has 1 aliphatic rings. The fourth-order valence-corrected chi connectivity index (χ4v) is 2.90. The first-order valence-electron chi connectivity index (χ1n) is 6.26. The van der Waals surface area contributed by atoms with Crippen LogP contribution in [0.3, 0.4) is 0 Å². The van der Waals surface area contributed by atoms with Gasteiger partial charge in [0.25, 0.3) is 0 Å². The molecule has 2 rings (SSSR count). The Kier molecular flexibility index (Phi) is 4.59. The van der Waals surface area contributed by atoms with Crippen LogP contribution in [-0.4, -0.2) is 17.5 Å². The first-order valence-corrected chi connectivity index (χ1v) is 7.08. The summed E-state index contributed by atoms with van der Waals surface area (Å²) in [6.07, 6.45) is 2.04. The van der Waals surface area contributed by atoms with Crippen molar-refractivity contribution in [2.24, 2.45) is 11.7 Å². The zero-order valence-corrected chi connectivity index (χ0v) is 11.4. The van der Waals surface area contributed by atoms with Crippen molar-refractivity contribution in [1.82, 2.24) is 0 Å². The Morgan fingerprint density at radius 2 is 2.00 bits per heavy atom. The monoisotopic (exact) mass is 304 g/mol. The minimum Gasteiger partial charge on any atom is -0.328 e. The lowest BCUT2D eigenvalue weighted by Gasteiger charge is -2.14. The highest BCUT2D eigenvalue weighted by Gasteiger charge is 2.32.